The molecule has 108 valence electrons. The van der Waals surface area contributed by atoms with Crippen molar-refractivity contribution in [1.82, 2.24) is 0 Å². The predicted molar refractivity (Wildman–Crippen MR) is 87.3 cm³/mol. The molecule has 1 aliphatic rings. The van der Waals surface area contributed by atoms with Gasteiger partial charge < -0.3 is 5.11 Å². The molecule has 2 unspecified atom stereocenters. The molecule has 2 aromatic rings. The van der Waals surface area contributed by atoms with Gasteiger partial charge in [0.2, 0.25) is 0 Å². The number of rotatable bonds is 2. The van der Waals surface area contributed by atoms with Crippen LogP contribution in [0.3, 0.4) is 0 Å². The highest BCUT2D eigenvalue weighted by molar-refractivity contribution is 7.17. The first-order valence-corrected chi connectivity index (χ1v) is 8.42. The van der Waals surface area contributed by atoms with Gasteiger partial charge in [0, 0.05) is 11.1 Å². The minimum Gasteiger partial charge on any atom is -0.390 e. The Balaban J connectivity index is 1.89. The van der Waals surface area contributed by atoms with Crippen LogP contribution >= 0.6 is 11.3 Å². The Hall–Kier alpha value is -0.860. The van der Waals surface area contributed by atoms with E-state index in [2.05, 4.69) is 50.4 Å². The van der Waals surface area contributed by atoms with E-state index in [1.165, 1.54) is 22.1 Å². The highest BCUT2D eigenvalue weighted by Gasteiger charge is 2.41. The maximum atomic E-state index is 11.1. The molecule has 1 heterocycles. The summed E-state index contributed by atoms with van der Waals surface area (Å²) in [6.07, 6.45) is 3.86. The zero-order valence-electron chi connectivity index (χ0n) is 12.6. The van der Waals surface area contributed by atoms with Gasteiger partial charge in [-0.05, 0) is 53.0 Å². The van der Waals surface area contributed by atoms with E-state index in [1.54, 1.807) is 11.3 Å². The van der Waals surface area contributed by atoms with Crippen molar-refractivity contribution in [2.75, 3.05) is 0 Å². The highest BCUT2D eigenvalue weighted by Crippen LogP contribution is 2.45. The minimum absolute atomic E-state index is 0.248. The molecule has 1 nitrogen and oxygen atoms in total. The molecular weight excluding hydrogens is 264 g/mol. The molecule has 20 heavy (non-hydrogen) atoms. The Morgan fingerprint density at radius 3 is 2.75 bits per heavy atom. The fraction of sp³-hybridized carbons (Fsp3) is 0.556. The average molecular weight is 288 g/mol. The summed E-state index contributed by atoms with van der Waals surface area (Å²) in [5, 5.41) is 14.7. The molecule has 0 saturated heterocycles. The van der Waals surface area contributed by atoms with Gasteiger partial charge in [0.1, 0.15) is 0 Å². The second-order valence-corrected chi connectivity index (χ2v) is 8.42. The molecule has 0 amide bonds. The van der Waals surface area contributed by atoms with E-state index in [0.29, 0.717) is 5.92 Å². The van der Waals surface area contributed by atoms with Crippen molar-refractivity contribution in [3.8, 4) is 0 Å². The van der Waals surface area contributed by atoms with Crippen LogP contribution in [0.1, 0.15) is 45.6 Å². The van der Waals surface area contributed by atoms with E-state index in [9.17, 15) is 5.11 Å². The van der Waals surface area contributed by atoms with Crippen molar-refractivity contribution < 1.29 is 5.11 Å². The zero-order valence-corrected chi connectivity index (χ0v) is 13.5. The summed E-state index contributed by atoms with van der Waals surface area (Å²) in [6.45, 7) is 6.86. The smallest absolute Gasteiger partial charge is 0.0696 e. The van der Waals surface area contributed by atoms with Crippen molar-refractivity contribution >= 4 is 21.4 Å². The number of thiophene rings is 1. The van der Waals surface area contributed by atoms with Gasteiger partial charge in [0.25, 0.3) is 0 Å². The largest absolute Gasteiger partial charge is 0.390 e. The molecule has 0 spiro atoms. The van der Waals surface area contributed by atoms with Crippen molar-refractivity contribution in [2.24, 2.45) is 11.3 Å². The molecule has 1 saturated carbocycles. The van der Waals surface area contributed by atoms with Gasteiger partial charge in [-0.1, -0.05) is 39.0 Å². The van der Waals surface area contributed by atoms with Gasteiger partial charge in [-0.3, -0.25) is 0 Å². The van der Waals surface area contributed by atoms with Gasteiger partial charge in [0.15, 0.2) is 0 Å². The zero-order chi connectivity index (χ0) is 14.4. The molecular formula is C18H24OS. The molecule has 2 heteroatoms. The predicted octanol–water partition coefficient (Wildman–Crippen LogP) is 5.02. The molecule has 1 aromatic carbocycles. The second kappa shape index (κ2) is 4.85. The van der Waals surface area contributed by atoms with Crippen LogP contribution in [-0.2, 0) is 6.42 Å². The van der Waals surface area contributed by atoms with Gasteiger partial charge in [0.05, 0.1) is 5.60 Å². The lowest BCUT2D eigenvalue weighted by Gasteiger charge is -2.44. The van der Waals surface area contributed by atoms with Crippen LogP contribution in [0.5, 0.6) is 0 Å². The van der Waals surface area contributed by atoms with E-state index < -0.39 is 5.60 Å². The standard InChI is InChI=1S/C18H24OS/c1-13-8-17(2,3)12-18(19,9-13)10-14-11-20-16-7-5-4-6-15(14)16/h4-7,11,13,19H,8-10,12H2,1-3H3. The second-order valence-electron chi connectivity index (χ2n) is 7.51. The number of hydrogen-bond donors (Lipinski definition) is 1. The van der Waals surface area contributed by atoms with Crippen LogP contribution in [-0.4, -0.2) is 10.7 Å². The molecule has 1 N–H and O–H groups in total. The number of aliphatic hydroxyl groups is 1. The first-order valence-electron chi connectivity index (χ1n) is 7.54. The number of fused-ring (bicyclic) bond motifs is 1. The monoisotopic (exact) mass is 288 g/mol. The SMILES string of the molecule is CC1CC(C)(C)CC(O)(Cc2csc3ccccc23)C1. The quantitative estimate of drug-likeness (QED) is 0.822. The van der Waals surface area contributed by atoms with E-state index in [-0.39, 0.29) is 5.41 Å². The lowest BCUT2D eigenvalue weighted by Crippen LogP contribution is -2.43. The summed E-state index contributed by atoms with van der Waals surface area (Å²) in [7, 11) is 0. The van der Waals surface area contributed by atoms with Crippen molar-refractivity contribution in [2.45, 2.75) is 52.1 Å². The van der Waals surface area contributed by atoms with Crippen LogP contribution in [0, 0.1) is 11.3 Å². The van der Waals surface area contributed by atoms with E-state index in [4.69, 9.17) is 0 Å². The van der Waals surface area contributed by atoms with Gasteiger partial charge >= 0.3 is 0 Å². The summed E-state index contributed by atoms with van der Waals surface area (Å²) in [5.41, 5.74) is 1.03. The third kappa shape index (κ3) is 2.77. The van der Waals surface area contributed by atoms with Crippen LogP contribution < -0.4 is 0 Å². The first-order chi connectivity index (χ1) is 9.37. The van der Waals surface area contributed by atoms with E-state index >= 15 is 0 Å². The fourth-order valence-electron chi connectivity index (χ4n) is 4.36. The van der Waals surface area contributed by atoms with E-state index in [0.717, 1.165) is 19.3 Å². The van der Waals surface area contributed by atoms with Crippen molar-refractivity contribution in [1.29, 1.82) is 0 Å². The Bertz CT molecular complexity index is 613. The third-order valence-corrected chi connectivity index (χ3v) is 5.53. The Morgan fingerprint density at radius 1 is 1.25 bits per heavy atom. The highest BCUT2D eigenvalue weighted by atomic mass is 32.1. The third-order valence-electron chi connectivity index (χ3n) is 4.52. The van der Waals surface area contributed by atoms with Crippen LogP contribution in [0.2, 0.25) is 0 Å². The van der Waals surface area contributed by atoms with Crippen LogP contribution in [0.25, 0.3) is 10.1 Å². The molecule has 0 bridgehead atoms. The van der Waals surface area contributed by atoms with Crippen molar-refractivity contribution in [3.63, 3.8) is 0 Å². The topological polar surface area (TPSA) is 20.2 Å². The average Bonchev–Trinajstić information content (AvgIpc) is 2.69. The van der Waals surface area contributed by atoms with Crippen molar-refractivity contribution in [3.05, 3.63) is 35.2 Å². The van der Waals surface area contributed by atoms with Gasteiger partial charge in [-0.25, -0.2) is 0 Å². The Labute approximate surface area is 125 Å². The Morgan fingerprint density at radius 2 is 2.00 bits per heavy atom. The lowest BCUT2D eigenvalue weighted by atomic mass is 9.64. The fourth-order valence-corrected chi connectivity index (χ4v) is 5.32. The van der Waals surface area contributed by atoms with Crippen LogP contribution in [0.15, 0.2) is 29.6 Å². The molecule has 0 aliphatic heterocycles. The maximum Gasteiger partial charge on any atom is 0.0696 e. The summed E-state index contributed by atoms with van der Waals surface area (Å²) >= 11 is 1.79. The molecule has 1 aliphatic carbocycles. The minimum atomic E-state index is -0.537. The van der Waals surface area contributed by atoms with Crippen LogP contribution in [0.4, 0.5) is 0 Å². The normalized spacial score (nSPS) is 29.7. The lowest BCUT2D eigenvalue weighted by molar-refractivity contribution is -0.0572. The maximum absolute atomic E-state index is 11.1. The van der Waals surface area contributed by atoms with Gasteiger partial charge in [-0.15, -0.1) is 11.3 Å². The summed E-state index contributed by atoms with van der Waals surface area (Å²) in [6, 6.07) is 8.53. The summed E-state index contributed by atoms with van der Waals surface area (Å²) in [5.74, 6) is 0.605. The first kappa shape index (κ1) is 14.1. The summed E-state index contributed by atoms with van der Waals surface area (Å²) in [4.78, 5) is 0. The molecule has 1 aromatic heterocycles. The van der Waals surface area contributed by atoms with E-state index in [1.807, 2.05) is 0 Å². The Kier molecular flexibility index (Phi) is 3.42. The molecule has 2 atom stereocenters. The number of hydrogen-bond acceptors (Lipinski definition) is 2. The van der Waals surface area contributed by atoms with Gasteiger partial charge in [-0.2, -0.15) is 0 Å². The molecule has 1 fully saturated rings. The summed E-state index contributed by atoms with van der Waals surface area (Å²) < 4.78 is 1.33. The molecule has 0 radical (unpaired) electrons. The molecule has 3 rings (SSSR count). The number of benzene rings is 1.